The lowest BCUT2D eigenvalue weighted by Gasteiger charge is -2.43. The van der Waals surface area contributed by atoms with Crippen LogP contribution in [0.2, 0.25) is 0 Å². The van der Waals surface area contributed by atoms with Crippen molar-refractivity contribution in [2.24, 2.45) is 0 Å². The molecule has 0 aliphatic carbocycles. The molecule has 0 atom stereocenters. The summed E-state index contributed by atoms with van der Waals surface area (Å²) in [6.07, 6.45) is 1.44. The van der Waals surface area contributed by atoms with Crippen LogP contribution >= 0.6 is 15.9 Å². The molecule has 0 aromatic carbocycles. The molecule has 1 fully saturated rings. The van der Waals surface area contributed by atoms with Gasteiger partial charge in [0.25, 0.3) is 5.56 Å². The van der Waals surface area contributed by atoms with Gasteiger partial charge in [0.15, 0.2) is 5.82 Å². The van der Waals surface area contributed by atoms with Gasteiger partial charge < -0.3 is 15.2 Å². The number of aromatic amines is 1. The Bertz CT molecular complexity index is 443. The molecule has 0 bridgehead atoms. The Kier molecular flexibility index (Phi) is 3.03. The van der Waals surface area contributed by atoms with Gasteiger partial charge in [-0.1, -0.05) is 0 Å². The zero-order valence-corrected chi connectivity index (χ0v) is 11.0. The number of aromatic nitrogens is 2. The Morgan fingerprint density at radius 1 is 1.56 bits per heavy atom. The Labute approximate surface area is 102 Å². The summed E-state index contributed by atoms with van der Waals surface area (Å²) in [6.45, 7) is 6.91. The molecule has 1 aromatic rings. The van der Waals surface area contributed by atoms with E-state index in [1.807, 2.05) is 0 Å². The van der Waals surface area contributed by atoms with E-state index < -0.39 is 0 Å². The lowest BCUT2D eigenvalue weighted by Crippen LogP contribution is -2.58. The largest absolute Gasteiger partial charge is 0.348 e. The minimum Gasteiger partial charge on any atom is -0.348 e. The summed E-state index contributed by atoms with van der Waals surface area (Å²) in [5.41, 5.74) is -0.180. The van der Waals surface area contributed by atoms with Gasteiger partial charge >= 0.3 is 0 Å². The highest BCUT2D eigenvalue weighted by molar-refractivity contribution is 9.10. The van der Waals surface area contributed by atoms with Crippen LogP contribution in [0.4, 0.5) is 5.82 Å². The predicted molar refractivity (Wildman–Crippen MR) is 66.9 cm³/mol. The lowest BCUT2D eigenvalue weighted by molar-refractivity contribution is 0.377. The summed E-state index contributed by atoms with van der Waals surface area (Å²) in [4.78, 5) is 20.5. The van der Waals surface area contributed by atoms with Crippen molar-refractivity contribution in [3.05, 3.63) is 21.2 Å². The van der Waals surface area contributed by atoms with Gasteiger partial charge in [-0.15, -0.1) is 0 Å². The Balaban J connectivity index is 2.43. The van der Waals surface area contributed by atoms with Gasteiger partial charge in [0.05, 0.1) is 6.33 Å². The quantitative estimate of drug-likeness (QED) is 0.799. The molecule has 2 N–H and O–H groups in total. The summed E-state index contributed by atoms with van der Waals surface area (Å²) in [5.74, 6) is 0.718. The normalized spacial score (nSPS) is 19.8. The van der Waals surface area contributed by atoms with Crippen LogP contribution in [0.1, 0.15) is 13.8 Å². The third-order valence-electron chi connectivity index (χ3n) is 2.83. The first-order valence-corrected chi connectivity index (χ1v) is 6.03. The van der Waals surface area contributed by atoms with Crippen LogP contribution in [-0.2, 0) is 0 Å². The number of nitrogens with zero attached hydrogens (tertiary/aromatic N) is 2. The number of anilines is 1. The van der Waals surface area contributed by atoms with Crippen LogP contribution in [0.5, 0.6) is 0 Å². The molecule has 0 amide bonds. The van der Waals surface area contributed by atoms with E-state index in [9.17, 15) is 4.79 Å². The highest BCUT2D eigenvalue weighted by Gasteiger charge is 2.32. The van der Waals surface area contributed by atoms with Gasteiger partial charge in [0, 0.05) is 25.2 Å². The fourth-order valence-electron chi connectivity index (χ4n) is 1.94. The first-order chi connectivity index (χ1) is 7.52. The molecule has 1 aliphatic rings. The van der Waals surface area contributed by atoms with Crippen LogP contribution in [0.25, 0.3) is 0 Å². The molecule has 0 spiro atoms. The summed E-state index contributed by atoms with van der Waals surface area (Å²) >= 11 is 3.30. The van der Waals surface area contributed by atoms with E-state index in [0.717, 1.165) is 25.5 Å². The lowest BCUT2D eigenvalue weighted by atomic mass is 10.0. The third kappa shape index (κ3) is 1.99. The van der Waals surface area contributed by atoms with Gasteiger partial charge in [0.2, 0.25) is 0 Å². The van der Waals surface area contributed by atoms with Crippen LogP contribution in [0.3, 0.4) is 0 Å². The van der Waals surface area contributed by atoms with Crippen molar-refractivity contribution in [1.29, 1.82) is 0 Å². The van der Waals surface area contributed by atoms with E-state index >= 15 is 0 Å². The Morgan fingerprint density at radius 3 is 3.00 bits per heavy atom. The van der Waals surface area contributed by atoms with Crippen LogP contribution in [0.15, 0.2) is 15.6 Å². The van der Waals surface area contributed by atoms with Gasteiger partial charge in [0.1, 0.15) is 4.47 Å². The molecule has 16 heavy (non-hydrogen) atoms. The maximum Gasteiger partial charge on any atom is 0.267 e. The van der Waals surface area contributed by atoms with Crippen LogP contribution < -0.4 is 15.8 Å². The Morgan fingerprint density at radius 2 is 2.31 bits per heavy atom. The molecular formula is C10H15BrN4O. The van der Waals surface area contributed by atoms with Crippen molar-refractivity contribution < 1.29 is 0 Å². The van der Waals surface area contributed by atoms with Gasteiger partial charge in [-0.25, -0.2) is 4.98 Å². The number of nitrogens with one attached hydrogen (secondary N) is 2. The number of rotatable bonds is 1. The number of hydrogen-bond donors (Lipinski definition) is 2. The number of hydrogen-bond acceptors (Lipinski definition) is 4. The summed E-state index contributed by atoms with van der Waals surface area (Å²) in [5, 5.41) is 3.34. The molecule has 6 heteroatoms. The fraction of sp³-hybridized carbons (Fsp3) is 0.600. The average molecular weight is 287 g/mol. The second kappa shape index (κ2) is 4.18. The second-order valence-electron chi connectivity index (χ2n) is 4.51. The van der Waals surface area contributed by atoms with Gasteiger partial charge in [-0.3, -0.25) is 4.79 Å². The molecular weight excluding hydrogens is 272 g/mol. The van der Waals surface area contributed by atoms with E-state index in [0.29, 0.717) is 4.47 Å². The Hall–Kier alpha value is -0.880. The zero-order chi connectivity index (χ0) is 11.8. The minimum absolute atomic E-state index is 0.0401. The van der Waals surface area contributed by atoms with Crippen molar-refractivity contribution in [2.45, 2.75) is 19.4 Å². The molecule has 2 heterocycles. The topological polar surface area (TPSA) is 61.0 Å². The smallest absolute Gasteiger partial charge is 0.267 e. The first-order valence-electron chi connectivity index (χ1n) is 5.24. The number of piperazine rings is 1. The SMILES string of the molecule is CC1(C)CNCCN1c1nc[nH]c(=O)c1Br. The van der Waals surface area contributed by atoms with Crippen molar-refractivity contribution >= 4 is 21.7 Å². The molecule has 0 saturated carbocycles. The van der Waals surface area contributed by atoms with E-state index in [1.165, 1.54) is 6.33 Å². The molecule has 1 saturated heterocycles. The van der Waals surface area contributed by atoms with Crippen LogP contribution in [0, 0.1) is 0 Å². The monoisotopic (exact) mass is 286 g/mol. The standard InChI is InChI=1S/C10H15BrN4O/c1-10(2)5-12-3-4-15(10)8-7(11)9(16)14-6-13-8/h6,12H,3-5H2,1-2H3,(H,13,14,16). The minimum atomic E-state index is -0.140. The first kappa shape index (κ1) is 11.6. The van der Waals surface area contributed by atoms with Crippen LogP contribution in [-0.4, -0.2) is 35.1 Å². The van der Waals surface area contributed by atoms with Crippen molar-refractivity contribution in [3.63, 3.8) is 0 Å². The highest BCUT2D eigenvalue weighted by Crippen LogP contribution is 2.27. The molecule has 2 rings (SSSR count). The molecule has 0 unspecified atom stereocenters. The van der Waals surface area contributed by atoms with Gasteiger partial charge in [-0.05, 0) is 29.8 Å². The van der Waals surface area contributed by atoms with E-state index in [1.54, 1.807) is 0 Å². The van der Waals surface area contributed by atoms with Crippen molar-refractivity contribution in [3.8, 4) is 0 Å². The summed E-state index contributed by atoms with van der Waals surface area (Å²) < 4.78 is 0.505. The molecule has 5 nitrogen and oxygen atoms in total. The number of halogens is 1. The van der Waals surface area contributed by atoms with E-state index in [2.05, 4.69) is 50.0 Å². The molecule has 88 valence electrons. The maximum absolute atomic E-state index is 11.5. The number of H-pyrrole nitrogens is 1. The molecule has 0 radical (unpaired) electrons. The highest BCUT2D eigenvalue weighted by atomic mass is 79.9. The fourth-order valence-corrected chi connectivity index (χ4v) is 2.37. The average Bonchev–Trinajstić information content (AvgIpc) is 2.22. The predicted octanol–water partition coefficient (Wildman–Crippen LogP) is 0.721. The summed E-state index contributed by atoms with van der Waals surface area (Å²) in [7, 11) is 0. The third-order valence-corrected chi connectivity index (χ3v) is 3.55. The van der Waals surface area contributed by atoms with E-state index in [-0.39, 0.29) is 11.1 Å². The van der Waals surface area contributed by atoms with Gasteiger partial charge in [-0.2, -0.15) is 0 Å². The van der Waals surface area contributed by atoms with Crippen molar-refractivity contribution in [1.82, 2.24) is 15.3 Å². The molecule has 1 aromatic heterocycles. The van der Waals surface area contributed by atoms with E-state index in [4.69, 9.17) is 0 Å². The second-order valence-corrected chi connectivity index (χ2v) is 5.30. The molecule has 1 aliphatic heterocycles. The maximum atomic E-state index is 11.5. The summed E-state index contributed by atoms with van der Waals surface area (Å²) in [6, 6.07) is 0. The van der Waals surface area contributed by atoms with Crippen molar-refractivity contribution in [2.75, 3.05) is 24.5 Å². The zero-order valence-electron chi connectivity index (χ0n) is 9.38.